The number of rotatable bonds is 3. The second-order valence-corrected chi connectivity index (χ2v) is 3.68. The highest BCUT2D eigenvalue weighted by molar-refractivity contribution is 5.98. The van der Waals surface area contributed by atoms with Crippen molar-refractivity contribution in [1.29, 1.82) is 0 Å². The second kappa shape index (κ2) is 5.43. The standard InChI is InChI=1S/C11H9F5N2O2/c1-17-8(19)6-2-4-7(5-3-6)18-9(20)10(12,13)11(14,15)16/h2-5H,1H3,(H,17,19)(H,18,20). The maximum absolute atomic E-state index is 12.7. The molecule has 0 fully saturated rings. The second-order valence-electron chi connectivity index (χ2n) is 3.68. The molecule has 1 rings (SSSR count). The average Bonchev–Trinajstić information content (AvgIpc) is 2.37. The fourth-order valence-electron chi connectivity index (χ4n) is 1.19. The van der Waals surface area contributed by atoms with Gasteiger partial charge in [0.1, 0.15) is 0 Å². The first-order chi connectivity index (χ1) is 9.09. The van der Waals surface area contributed by atoms with Crippen LogP contribution in [0.4, 0.5) is 27.6 Å². The molecule has 9 heteroatoms. The van der Waals surface area contributed by atoms with E-state index in [2.05, 4.69) is 5.32 Å². The van der Waals surface area contributed by atoms with E-state index in [0.29, 0.717) is 0 Å². The van der Waals surface area contributed by atoms with Crippen LogP contribution in [0.25, 0.3) is 0 Å². The number of amides is 2. The van der Waals surface area contributed by atoms with Crippen molar-refractivity contribution in [2.45, 2.75) is 12.1 Å². The van der Waals surface area contributed by atoms with E-state index in [9.17, 15) is 31.5 Å². The number of halogens is 5. The van der Waals surface area contributed by atoms with Crippen molar-refractivity contribution in [3.05, 3.63) is 29.8 Å². The Morgan fingerprint density at radius 2 is 1.50 bits per heavy atom. The summed E-state index contributed by atoms with van der Waals surface area (Å²) in [7, 11) is 1.36. The van der Waals surface area contributed by atoms with Gasteiger partial charge in [0.05, 0.1) is 0 Å². The monoisotopic (exact) mass is 296 g/mol. The molecular weight excluding hydrogens is 287 g/mol. The van der Waals surface area contributed by atoms with Gasteiger partial charge in [0, 0.05) is 18.3 Å². The van der Waals surface area contributed by atoms with Crippen LogP contribution < -0.4 is 10.6 Å². The van der Waals surface area contributed by atoms with E-state index >= 15 is 0 Å². The van der Waals surface area contributed by atoms with Crippen LogP contribution in [0.15, 0.2) is 24.3 Å². The lowest BCUT2D eigenvalue weighted by Gasteiger charge is -2.18. The number of hydrogen-bond donors (Lipinski definition) is 2. The third-order valence-electron chi connectivity index (χ3n) is 2.27. The molecule has 0 atom stereocenters. The Balaban J connectivity index is 2.85. The van der Waals surface area contributed by atoms with Gasteiger partial charge in [-0.25, -0.2) is 0 Å². The first-order valence-corrected chi connectivity index (χ1v) is 5.17. The Kier molecular flexibility index (Phi) is 4.31. The quantitative estimate of drug-likeness (QED) is 0.840. The van der Waals surface area contributed by atoms with Crippen molar-refractivity contribution in [1.82, 2.24) is 5.32 Å². The van der Waals surface area contributed by atoms with Crippen LogP contribution in [-0.4, -0.2) is 31.0 Å². The Labute approximate surface area is 110 Å². The molecule has 0 spiro atoms. The van der Waals surface area contributed by atoms with Crippen LogP contribution in [0.5, 0.6) is 0 Å². The predicted molar refractivity (Wildman–Crippen MR) is 59.5 cm³/mol. The van der Waals surface area contributed by atoms with Gasteiger partial charge in [-0.3, -0.25) is 9.59 Å². The van der Waals surface area contributed by atoms with E-state index in [1.165, 1.54) is 24.5 Å². The summed E-state index contributed by atoms with van der Waals surface area (Å²) in [6.45, 7) is 0. The third kappa shape index (κ3) is 3.22. The van der Waals surface area contributed by atoms with Crippen LogP contribution in [-0.2, 0) is 4.79 Å². The molecule has 0 radical (unpaired) electrons. The van der Waals surface area contributed by atoms with Crippen molar-refractivity contribution >= 4 is 17.5 Å². The first-order valence-electron chi connectivity index (χ1n) is 5.17. The van der Waals surface area contributed by atoms with E-state index < -0.39 is 23.9 Å². The molecule has 0 bridgehead atoms. The van der Waals surface area contributed by atoms with Gasteiger partial charge in [-0.1, -0.05) is 0 Å². The Hall–Kier alpha value is -2.19. The lowest BCUT2D eigenvalue weighted by atomic mass is 10.2. The summed E-state index contributed by atoms with van der Waals surface area (Å²) < 4.78 is 61.2. The number of alkyl halides is 5. The molecule has 2 amide bonds. The van der Waals surface area contributed by atoms with Crippen molar-refractivity contribution in [2.24, 2.45) is 0 Å². The molecule has 0 saturated carbocycles. The topological polar surface area (TPSA) is 58.2 Å². The van der Waals surface area contributed by atoms with Gasteiger partial charge in [-0.15, -0.1) is 0 Å². The maximum atomic E-state index is 12.7. The summed E-state index contributed by atoms with van der Waals surface area (Å²) >= 11 is 0. The van der Waals surface area contributed by atoms with Gasteiger partial charge >= 0.3 is 18.0 Å². The molecule has 0 aliphatic carbocycles. The van der Waals surface area contributed by atoms with Crippen molar-refractivity contribution in [2.75, 3.05) is 12.4 Å². The Morgan fingerprint density at radius 1 is 1.00 bits per heavy atom. The fourth-order valence-corrected chi connectivity index (χ4v) is 1.19. The van der Waals surface area contributed by atoms with Gasteiger partial charge in [0.25, 0.3) is 5.91 Å². The molecule has 1 aromatic rings. The third-order valence-corrected chi connectivity index (χ3v) is 2.27. The molecule has 2 N–H and O–H groups in total. The van der Waals surface area contributed by atoms with Crippen LogP contribution in [0, 0.1) is 0 Å². The summed E-state index contributed by atoms with van der Waals surface area (Å²) in [6, 6.07) is 4.41. The minimum atomic E-state index is -5.97. The molecule has 20 heavy (non-hydrogen) atoms. The highest BCUT2D eigenvalue weighted by Crippen LogP contribution is 2.36. The van der Waals surface area contributed by atoms with Crippen molar-refractivity contribution in [3.8, 4) is 0 Å². The van der Waals surface area contributed by atoms with Crippen LogP contribution >= 0.6 is 0 Å². The van der Waals surface area contributed by atoms with Gasteiger partial charge in [0.2, 0.25) is 0 Å². The van der Waals surface area contributed by atoms with Gasteiger partial charge < -0.3 is 10.6 Å². The zero-order valence-electron chi connectivity index (χ0n) is 10.0. The molecule has 1 aromatic carbocycles. The lowest BCUT2D eigenvalue weighted by Crippen LogP contribution is -2.47. The van der Waals surface area contributed by atoms with Crippen LogP contribution in [0.2, 0.25) is 0 Å². The number of anilines is 1. The highest BCUT2D eigenvalue weighted by Gasteiger charge is 2.63. The SMILES string of the molecule is CNC(=O)c1ccc(NC(=O)C(F)(F)C(F)(F)F)cc1. The molecule has 0 aliphatic rings. The largest absolute Gasteiger partial charge is 0.463 e. The Morgan fingerprint density at radius 3 is 1.90 bits per heavy atom. The van der Waals surface area contributed by atoms with E-state index in [4.69, 9.17) is 0 Å². The molecule has 0 aromatic heterocycles. The Bertz CT molecular complexity index is 511. The summed E-state index contributed by atoms with van der Waals surface area (Å²) in [5.74, 6) is -8.45. The molecule has 0 unspecified atom stereocenters. The highest BCUT2D eigenvalue weighted by atomic mass is 19.4. The molecule has 0 saturated heterocycles. The van der Waals surface area contributed by atoms with Gasteiger partial charge in [-0.05, 0) is 24.3 Å². The number of carbonyl (C=O) groups excluding carboxylic acids is 2. The van der Waals surface area contributed by atoms with Crippen LogP contribution in [0.1, 0.15) is 10.4 Å². The molecule has 4 nitrogen and oxygen atoms in total. The van der Waals surface area contributed by atoms with E-state index in [-0.39, 0.29) is 11.3 Å². The zero-order chi connectivity index (χ0) is 15.6. The number of carbonyl (C=O) groups is 2. The van der Waals surface area contributed by atoms with Gasteiger partial charge in [-0.2, -0.15) is 22.0 Å². The summed E-state index contributed by atoms with van der Waals surface area (Å²) in [6.07, 6.45) is -5.97. The van der Waals surface area contributed by atoms with E-state index in [1.807, 2.05) is 0 Å². The molecule has 0 aliphatic heterocycles. The van der Waals surface area contributed by atoms with Crippen molar-refractivity contribution < 1.29 is 31.5 Å². The summed E-state index contributed by atoms with van der Waals surface area (Å²) in [5.41, 5.74) is -0.125. The average molecular weight is 296 g/mol. The predicted octanol–water partition coefficient (Wildman–Crippen LogP) is 2.18. The van der Waals surface area contributed by atoms with Gasteiger partial charge in [0.15, 0.2) is 0 Å². The summed E-state index contributed by atoms with van der Waals surface area (Å²) in [4.78, 5) is 22.1. The zero-order valence-corrected chi connectivity index (χ0v) is 10.0. The smallest absolute Gasteiger partial charge is 0.355 e. The normalized spacial score (nSPS) is 11.9. The minimum Gasteiger partial charge on any atom is -0.355 e. The maximum Gasteiger partial charge on any atom is 0.463 e. The fraction of sp³-hybridized carbons (Fsp3) is 0.273. The molecular formula is C11H9F5N2O2. The number of benzene rings is 1. The number of hydrogen-bond acceptors (Lipinski definition) is 2. The van der Waals surface area contributed by atoms with Crippen LogP contribution in [0.3, 0.4) is 0 Å². The molecule has 0 heterocycles. The van der Waals surface area contributed by atoms with E-state index in [1.54, 1.807) is 0 Å². The van der Waals surface area contributed by atoms with E-state index in [0.717, 1.165) is 12.1 Å². The lowest BCUT2D eigenvalue weighted by molar-refractivity contribution is -0.267. The number of nitrogens with one attached hydrogen (secondary N) is 2. The summed E-state index contributed by atoms with van der Waals surface area (Å²) in [5, 5.41) is 3.72. The first kappa shape index (κ1) is 15.9. The van der Waals surface area contributed by atoms with Crippen molar-refractivity contribution in [3.63, 3.8) is 0 Å². The minimum absolute atomic E-state index is 0.160. The molecule has 110 valence electrons.